The Bertz CT molecular complexity index is 293. The maximum atomic E-state index is 11.7. The molecule has 2 atom stereocenters. The minimum Gasteiger partial charge on any atom is -0.480 e. The first-order chi connectivity index (χ1) is 9.51. The maximum absolute atomic E-state index is 11.7. The van der Waals surface area contributed by atoms with Gasteiger partial charge in [-0.1, -0.05) is 26.2 Å². The summed E-state index contributed by atoms with van der Waals surface area (Å²) < 4.78 is 0. The van der Waals surface area contributed by atoms with Crippen molar-refractivity contribution in [2.45, 2.75) is 69.6 Å². The van der Waals surface area contributed by atoms with Crippen LogP contribution in [0.5, 0.6) is 0 Å². The Balaban J connectivity index is 0. The molecule has 1 unspecified atom stereocenters. The van der Waals surface area contributed by atoms with Crippen molar-refractivity contribution in [2.75, 3.05) is 5.75 Å². The summed E-state index contributed by atoms with van der Waals surface area (Å²) >= 11 is 8.58. The fourth-order valence-electron chi connectivity index (χ4n) is 1.89. The molecule has 0 aliphatic heterocycles. The average Bonchev–Trinajstić information content (AvgIpc) is 2.39. The Kier molecular flexibility index (Phi) is 17.7. The van der Waals surface area contributed by atoms with Crippen LogP contribution < -0.4 is 5.32 Å². The molecule has 2 N–H and O–H groups in total. The molecular formula is C14H27NNaO3S2. The summed E-state index contributed by atoms with van der Waals surface area (Å²) in [6.07, 6.45) is 6.26. The van der Waals surface area contributed by atoms with E-state index in [1.807, 2.05) is 6.92 Å². The monoisotopic (exact) mass is 344 g/mol. The van der Waals surface area contributed by atoms with E-state index in [0.29, 0.717) is 18.1 Å². The van der Waals surface area contributed by atoms with Gasteiger partial charge in [0.15, 0.2) is 0 Å². The van der Waals surface area contributed by atoms with Gasteiger partial charge in [0, 0.05) is 41.2 Å². The number of hydrogen-bond acceptors (Lipinski definition) is 4. The second kappa shape index (κ2) is 15.5. The Morgan fingerprint density at radius 1 is 1.14 bits per heavy atom. The van der Waals surface area contributed by atoms with Crippen molar-refractivity contribution in [1.82, 2.24) is 5.32 Å². The average molecular weight is 344 g/mol. The van der Waals surface area contributed by atoms with Crippen LogP contribution >= 0.6 is 25.3 Å². The van der Waals surface area contributed by atoms with Gasteiger partial charge in [-0.05, 0) is 31.4 Å². The van der Waals surface area contributed by atoms with Crippen LogP contribution in [0.1, 0.15) is 58.3 Å². The van der Waals surface area contributed by atoms with Gasteiger partial charge in [0.2, 0.25) is 5.91 Å². The van der Waals surface area contributed by atoms with Gasteiger partial charge >= 0.3 is 5.97 Å². The van der Waals surface area contributed by atoms with E-state index >= 15 is 0 Å². The summed E-state index contributed by atoms with van der Waals surface area (Å²) in [6.45, 7) is 2.00. The zero-order valence-electron chi connectivity index (χ0n) is 13.2. The first-order valence-corrected chi connectivity index (χ1v) is 8.47. The molecule has 1 amide bonds. The third-order valence-corrected chi connectivity index (χ3v) is 3.91. The van der Waals surface area contributed by atoms with E-state index in [2.05, 4.69) is 30.6 Å². The molecule has 119 valence electrons. The summed E-state index contributed by atoms with van der Waals surface area (Å²) in [5.74, 6) is -0.291. The summed E-state index contributed by atoms with van der Waals surface area (Å²) in [5.41, 5.74) is 0. The number of hydrogen-bond donors (Lipinski definition) is 4. The van der Waals surface area contributed by atoms with E-state index in [4.69, 9.17) is 5.11 Å². The molecular weight excluding hydrogens is 317 g/mol. The molecule has 0 aliphatic rings. The Hall–Kier alpha value is 0.640. The maximum Gasteiger partial charge on any atom is 0.326 e. The molecule has 0 saturated carbocycles. The topological polar surface area (TPSA) is 66.4 Å². The van der Waals surface area contributed by atoms with Gasteiger partial charge in [-0.25, -0.2) is 4.79 Å². The van der Waals surface area contributed by atoms with Crippen LogP contribution in [-0.4, -0.2) is 63.6 Å². The number of carbonyl (C=O) groups is 2. The van der Waals surface area contributed by atoms with E-state index in [0.717, 1.165) is 44.3 Å². The molecule has 4 nitrogen and oxygen atoms in total. The Labute approximate surface area is 161 Å². The molecule has 0 fully saturated rings. The number of thiol groups is 2. The fraction of sp³-hybridized carbons (Fsp3) is 0.857. The van der Waals surface area contributed by atoms with Gasteiger partial charge in [0.05, 0.1) is 0 Å². The summed E-state index contributed by atoms with van der Waals surface area (Å²) in [7, 11) is 0. The zero-order chi connectivity index (χ0) is 15.4. The third kappa shape index (κ3) is 14.0. The normalized spacial score (nSPS) is 13.1. The smallest absolute Gasteiger partial charge is 0.326 e. The summed E-state index contributed by atoms with van der Waals surface area (Å²) in [6, 6.07) is -0.746. The van der Waals surface area contributed by atoms with Gasteiger partial charge in [0.1, 0.15) is 6.04 Å². The van der Waals surface area contributed by atoms with Crippen molar-refractivity contribution in [1.29, 1.82) is 0 Å². The van der Waals surface area contributed by atoms with E-state index < -0.39 is 12.0 Å². The molecule has 0 aromatic carbocycles. The number of carbonyl (C=O) groups excluding carboxylic acids is 1. The molecule has 0 heterocycles. The van der Waals surface area contributed by atoms with Crippen LogP contribution in [0.3, 0.4) is 0 Å². The fourth-order valence-corrected chi connectivity index (χ4v) is 2.72. The van der Waals surface area contributed by atoms with Gasteiger partial charge in [-0.3, -0.25) is 4.79 Å². The molecule has 7 heteroatoms. The minimum atomic E-state index is -0.948. The zero-order valence-corrected chi connectivity index (χ0v) is 17.0. The molecule has 0 aliphatic carbocycles. The summed E-state index contributed by atoms with van der Waals surface area (Å²) in [5, 5.41) is 12.0. The molecule has 0 aromatic heterocycles. The van der Waals surface area contributed by atoms with Crippen LogP contribution in [0.2, 0.25) is 0 Å². The van der Waals surface area contributed by atoms with Gasteiger partial charge in [0.25, 0.3) is 0 Å². The van der Waals surface area contributed by atoms with Crippen LogP contribution in [0.15, 0.2) is 0 Å². The van der Waals surface area contributed by atoms with E-state index in [9.17, 15) is 9.59 Å². The Morgan fingerprint density at radius 3 is 2.33 bits per heavy atom. The van der Waals surface area contributed by atoms with Crippen LogP contribution in [0.4, 0.5) is 0 Å². The quantitative estimate of drug-likeness (QED) is 0.250. The van der Waals surface area contributed by atoms with E-state index in [1.165, 1.54) is 0 Å². The molecule has 21 heavy (non-hydrogen) atoms. The van der Waals surface area contributed by atoms with Crippen LogP contribution in [0, 0.1) is 0 Å². The molecule has 0 saturated heterocycles. The summed E-state index contributed by atoms with van der Waals surface area (Å²) in [4.78, 5) is 22.7. The van der Waals surface area contributed by atoms with Crippen molar-refractivity contribution >= 4 is 66.7 Å². The van der Waals surface area contributed by atoms with Gasteiger partial charge < -0.3 is 10.4 Å². The second-order valence-electron chi connectivity index (χ2n) is 5.01. The van der Waals surface area contributed by atoms with Crippen molar-refractivity contribution in [3.63, 3.8) is 0 Å². The van der Waals surface area contributed by atoms with Crippen molar-refractivity contribution in [2.24, 2.45) is 0 Å². The third-order valence-electron chi connectivity index (χ3n) is 3.13. The van der Waals surface area contributed by atoms with E-state index in [-0.39, 0.29) is 35.5 Å². The standard InChI is InChI=1S/C14H27NO3S2.Na/c1-2-3-7-12(14(17)18)15-13(16)8-5-4-6-11(20)9-10-19;/h11-12,19-20H,2-10H2,1H3,(H,15,16)(H,17,18);/t11?,12-;/m0./s1. The number of amides is 1. The predicted molar refractivity (Wildman–Crippen MR) is 94.6 cm³/mol. The molecule has 0 spiro atoms. The molecule has 1 radical (unpaired) electrons. The van der Waals surface area contributed by atoms with Crippen molar-refractivity contribution < 1.29 is 14.7 Å². The second-order valence-corrected chi connectivity index (χ2v) is 6.19. The van der Waals surface area contributed by atoms with Crippen LogP contribution in [-0.2, 0) is 9.59 Å². The van der Waals surface area contributed by atoms with Gasteiger partial charge in [-0.15, -0.1) is 0 Å². The first-order valence-electron chi connectivity index (χ1n) is 7.32. The number of unbranched alkanes of at least 4 members (excludes halogenated alkanes) is 2. The predicted octanol–water partition coefficient (Wildman–Crippen LogP) is 2.54. The first kappa shape index (κ1) is 23.9. The SMILES string of the molecule is CCCC[C@H](NC(=O)CCCCC(S)CCS)C(=O)O.[Na]. The largest absolute Gasteiger partial charge is 0.480 e. The molecule has 0 bridgehead atoms. The van der Waals surface area contributed by atoms with E-state index in [1.54, 1.807) is 0 Å². The number of rotatable bonds is 12. The number of carboxylic acids is 1. The number of aliphatic carboxylic acids is 1. The number of nitrogens with one attached hydrogen (secondary N) is 1. The minimum absolute atomic E-state index is 0. The van der Waals surface area contributed by atoms with Crippen LogP contribution in [0.25, 0.3) is 0 Å². The van der Waals surface area contributed by atoms with Crippen molar-refractivity contribution in [3.05, 3.63) is 0 Å². The van der Waals surface area contributed by atoms with Gasteiger partial charge in [-0.2, -0.15) is 25.3 Å². The molecule has 0 aromatic rings. The Morgan fingerprint density at radius 2 is 1.81 bits per heavy atom. The molecule has 0 rings (SSSR count). The number of carboxylic acid groups (broad SMARTS) is 1. The van der Waals surface area contributed by atoms with Crippen molar-refractivity contribution in [3.8, 4) is 0 Å².